The van der Waals surface area contributed by atoms with E-state index in [9.17, 15) is 9.90 Å². The maximum Gasteiger partial charge on any atom is 0.321 e. The first-order valence-corrected chi connectivity index (χ1v) is 8.12. The third-order valence-electron chi connectivity index (χ3n) is 4.15. The molecule has 24 heavy (non-hydrogen) atoms. The Morgan fingerprint density at radius 3 is 2.75 bits per heavy atom. The van der Waals surface area contributed by atoms with E-state index < -0.39 is 12.0 Å². The van der Waals surface area contributed by atoms with Crippen molar-refractivity contribution in [1.82, 2.24) is 19.9 Å². The number of ether oxygens (including phenoxy) is 1. The summed E-state index contributed by atoms with van der Waals surface area (Å²) < 4.78 is 7.70. The van der Waals surface area contributed by atoms with Crippen LogP contribution in [0.1, 0.15) is 32.0 Å². The van der Waals surface area contributed by atoms with Crippen molar-refractivity contribution in [2.45, 2.75) is 45.0 Å². The molecular weight excluding hydrogens is 308 g/mol. The van der Waals surface area contributed by atoms with E-state index in [-0.39, 0.29) is 12.1 Å². The number of hydrogen-bond acceptors (Lipinski definition) is 5. The zero-order valence-electron chi connectivity index (χ0n) is 13.9. The van der Waals surface area contributed by atoms with Gasteiger partial charge in [-0.15, -0.1) is 5.10 Å². The minimum atomic E-state index is -0.828. The summed E-state index contributed by atoms with van der Waals surface area (Å²) in [6.07, 6.45) is 2.19. The number of carbonyl (C=O) groups is 1. The number of carboxylic acids is 1. The SMILES string of the molecule is CC(C)n1cc(CN2C[C@@H](Oc3ccccc3)C[C@H]2C(=O)O)nn1. The van der Waals surface area contributed by atoms with Gasteiger partial charge in [0.25, 0.3) is 0 Å². The van der Waals surface area contributed by atoms with Crippen LogP contribution in [0.5, 0.6) is 5.75 Å². The molecule has 2 aromatic rings. The van der Waals surface area contributed by atoms with Gasteiger partial charge in [-0.25, -0.2) is 4.68 Å². The van der Waals surface area contributed by atoms with E-state index in [1.165, 1.54) is 0 Å². The van der Waals surface area contributed by atoms with Crippen LogP contribution < -0.4 is 4.74 Å². The normalized spacial score (nSPS) is 21.3. The Morgan fingerprint density at radius 2 is 2.12 bits per heavy atom. The Hall–Kier alpha value is -2.41. The number of para-hydroxylation sites is 1. The van der Waals surface area contributed by atoms with E-state index in [2.05, 4.69) is 10.3 Å². The van der Waals surface area contributed by atoms with Crippen LogP contribution in [0.15, 0.2) is 36.5 Å². The number of nitrogens with zero attached hydrogens (tertiary/aromatic N) is 4. The van der Waals surface area contributed by atoms with Crippen molar-refractivity contribution in [3.63, 3.8) is 0 Å². The average molecular weight is 330 g/mol. The summed E-state index contributed by atoms with van der Waals surface area (Å²) >= 11 is 0. The van der Waals surface area contributed by atoms with E-state index in [0.717, 1.165) is 11.4 Å². The molecule has 0 saturated carbocycles. The first-order chi connectivity index (χ1) is 11.5. The highest BCUT2D eigenvalue weighted by Crippen LogP contribution is 2.24. The Morgan fingerprint density at radius 1 is 1.38 bits per heavy atom. The standard InChI is InChI=1S/C17H22N4O3/c1-12(2)21-10-13(18-19-21)9-20-11-15(8-16(20)17(22)23)24-14-6-4-3-5-7-14/h3-7,10,12,15-16H,8-9,11H2,1-2H3,(H,22,23)/t15-,16-/m0/s1. The van der Waals surface area contributed by atoms with E-state index in [1.807, 2.05) is 55.3 Å². The van der Waals surface area contributed by atoms with Crippen molar-refractivity contribution in [2.24, 2.45) is 0 Å². The number of aliphatic carboxylic acids is 1. The lowest BCUT2D eigenvalue weighted by molar-refractivity contribution is -0.142. The molecule has 1 fully saturated rings. The quantitative estimate of drug-likeness (QED) is 0.872. The van der Waals surface area contributed by atoms with Gasteiger partial charge in [0.1, 0.15) is 17.9 Å². The first-order valence-electron chi connectivity index (χ1n) is 8.12. The van der Waals surface area contributed by atoms with Gasteiger partial charge >= 0.3 is 5.97 Å². The van der Waals surface area contributed by atoms with Crippen LogP contribution in [-0.2, 0) is 11.3 Å². The van der Waals surface area contributed by atoms with E-state index in [0.29, 0.717) is 19.5 Å². The monoisotopic (exact) mass is 330 g/mol. The Balaban J connectivity index is 1.67. The number of carboxylic acid groups (broad SMARTS) is 1. The van der Waals surface area contributed by atoms with E-state index in [1.54, 1.807) is 4.68 Å². The van der Waals surface area contributed by atoms with E-state index >= 15 is 0 Å². The van der Waals surface area contributed by atoms with Gasteiger partial charge in [-0.05, 0) is 26.0 Å². The largest absolute Gasteiger partial charge is 0.489 e. The van der Waals surface area contributed by atoms with Crippen molar-refractivity contribution < 1.29 is 14.6 Å². The fraction of sp³-hybridized carbons (Fsp3) is 0.471. The molecule has 2 atom stereocenters. The number of hydrogen-bond donors (Lipinski definition) is 1. The average Bonchev–Trinajstić information content (AvgIpc) is 3.16. The molecule has 0 spiro atoms. The van der Waals surface area contributed by atoms with Crippen LogP contribution in [0.2, 0.25) is 0 Å². The van der Waals surface area contributed by atoms with Crippen LogP contribution in [0, 0.1) is 0 Å². The molecule has 1 aliphatic rings. The molecular formula is C17H22N4O3. The second-order valence-electron chi connectivity index (χ2n) is 6.36. The van der Waals surface area contributed by atoms with Gasteiger partial charge < -0.3 is 9.84 Å². The maximum atomic E-state index is 11.6. The number of rotatable bonds is 6. The van der Waals surface area contributed by atoms with Crippen LogP contribution in [0.4, 0.5) is 0 Å². The maximum absolute atomic E-state index is 11.6. The van der Waals surface area contributed by atoms with Gasteiger partial charge in [-0.3, -0.25) is 9.69 Å². The lowest BCUT2D eigenvalue weighted by atomic mass is 10.2. The highest BCUT2D eigenvalue weighted by atomic mass is 16.5. The highest BCUT2D eigenvalue weighted by Gasteiger charge is 2.38. The molecule has 7 nitrogen and oxygen atoms in total. The molecule has 1 aromatic heterocycles. The third kappa shape index (κ3) is 3.73. The fourth-order valence-electron chi connectivity index (χ4n) is 2.92. The minimum Gasteiger partial charge on any atom is -0.489 e. The molecule has 0 amide bonds. The summed E-state index contributed by atoms with van der Waals surface area (Å²) in [7, 11) is 0. The lowest BCUT2D eigenvalue weighted by Crippen LogP contribution is -2.35. The second kappa shape index (κ2) is 7.00. The van der Waals surface area contributed by atoms with E-state index in [4.69, 9.17) is 4.74 Å². The van der Waals surface area contributed by atoms with Crippen molar-refractivity contribution in [1.29, 1.82) is 0 Å². The number of benzene rings is 1. The fourth-order valence-corrected chi connectivity index (χ4v) is 2.92. The number of likely N-dealkylation sites (tertiary alicyclic amines) is 1. The molecule has 1 aliphatic heterocycles. The second-order valence-corrected chi connectivity index (χ2v) is 6.36. The lowest BCUT2D eigenvalue weighted by Gasteiger charge is -2.19. The van der Waals surface area contributed by atoms with Crippen molar-refractivity contribution in [3.05, 3.63) is 42.2 Å². The van der Waals surface area contributed by atoms with Gasteiger partial charge in [-0.2, -0.15) is 0 Å². The predicted octanol–water partition coefficient (Wildman–Crippen LogP) is 1.97. The molecule has 2 heterocycles. The van der Waals surface area contributed by atoms with Crippen LogP contribution in [-0.4, -0.2) is 49.7 Å². The summed E-state index contributed by atoms with van der Waals surface area (Å²) in [6.45, 7) is 5.06. The highest BCUT2D eigenvalue weighted by molar-refractivity contribution is 5.74. The molecule has 1 aromatic carbocycles. The van der Waals surface area contributed by atoms with Crippen LogP contribution in [0.25, 0.3) is 0 Å². The summed E-state index contributed by atoms with van der Waals surface area (Å²) in [5.41, 5.74) is 0.773. The van der Waals surface area contributed by atoms with Gasteiger partial charge in [-0.1, -0.05) is 23.4 Å². The Kier molecular flexibility index (Phi) is 4.80. The Bertz CT molecular complexity index is 686. The summed E-state index contributed by atoms with van der Waals surface area (Å²) in [5.74, 6) is -0.0651. The van der Waals surface area contributed by atoms with Crippen LogP contribution >= 0.6 is 0 Å². The summed E-state index contributed by atoms with van der Waals surface area (Å²) in [6, 6.07) is 9.16. The minimum absolute atomic E-state index is 0.145. The molecule has 1 saturated heterocycles. The number of aromatic nitrogens is 3. The van der Waals surface area contributed by atoms with Crippen molar-refractivity contribution in [3.8, 4) is 5.75 Å². The summed E-state index contributed by atoms with van der Waals surface area (Å²) in [4.78, 5) is 13.5. The zero-order valence-corrected chi connectivity index (χ0v) is 13.9. The molecule has 0 bridgehead atoms. The molecule has 0 aliphatic carbocycles. The molecule has 3 rings (SSSR count). The van der Waals surface area contributed by atoms with Crippen molar-refractivity contribution in [2.75, 3.05) is 6.54 Å². The predicted molar refractivity (Wildman–Crippen MR) is 87.7 cm³/mol. The molecule has 0 radical (unpaired) electrons. The summed E-state index contributed by atoms with van der Waals surface area (Å²) in [5, 5.41) is 17.7. The zero-order chi connectivity index (χ0) is 17.1. The van der Waals surface area contributed by atoms with Gasteiger partial charge in [0, 0.05) is 25.6 Å². The van der Waals surface area contributed by atoms with Crippen molar-refractivity contribution >= 4 is 5.97 Å². The molecule has 7 heteroatoms. The Labute approximate surface area is 140 Å². The van der Waals surface area contributed by atoms with Gasteiger partial charge in [0.15, 0.2) is 0 Å². The first kappa shape index (κ1) is 16.4. The molecule has 0 unspecified atom stereocenters. The third-order valence-corrected chi connectivity index (χ3v) is 4.15. The van der Waals surface area contributed by atoms with Gasteiger partial charge in [0.05, 0.1) is 11.9 Å². The topological polar surface area (TPSA) is 80.5 Å². The molecule has 1 N–H and O–H groups in total. The van der Waals surface area contributed by atoms with Gasteiger partial charge in [0.2, 0.25) is 0 Å². The smallest absolute Gasteiger partial charge is 0.321 e. The van der Waals surface area contributed by atoms with Crippen LogP contribution in [0.3, 0.4) is 0 Å². The molecule has 128 valence electrons.